The molecule has 3 aliphatic heterocycles. The van der Waals surface area contributed by atoms with Crippen LogP contribution in [0, 0.1) is 24.6 Å². The number of rotatable bonds is 7. The molecule has 2 aromatic carbocycles. The molecule has 0 spiro atoms. The molecule has 0 aromatic heterocycles. The van der Waals surface area contributed by atoms with Gasteiger partial charge in [0.15, 0.2) is 0 Å². The van der Waals surface area contributed by atoms with Crippen LogP contribution in [0.5, 0.6) is 0 Å². The van der Waals surface area contributed by atoms with Crippen LogP contribution in [0.1, 0.15) is 54.4 Å². The van der Waals surface area contributed by atoms with E-state index in [1.165, 1.54) is 18.9 Å². The molecule has 0 bridgehead atoms. The second kappa shape index (κ2) is 12.7. The van der Waals surface area contributed by atoms with Crippen molar-refractivity contribution in [1.29, 1.82) is 0 Å². The van der Waals surface area contributed by atoms with Gasteiger partial charge in [0.25, 0.3) is 5.91 Å². The molecule has 42 heavy (non-hydrogen) atoms. The van der Waals surface area contributed by atoms with Crippen LogP contribution >= 0.6 is 0 Å². The molecule has 2 N–H and O–H groups in total. The topological polar surface area (TPSA) is 73.9 Å². The summed E-state index contributed by atoms with van der Waals surface area (Å²) in [6.07, 6.45) is 11.7. The molecule has 1 aliphatic carbocycles. The summed E-state index contributed by atoms with van der Waals surface area (Å²) in [6.45, 7) is 5.78. The van der Waals surface area contributed by atoms with E-state index in [1.54, 1.807) is 24.0 Å². The number of hydrogen-bond acceptors (Lipinski definition) is 5. The fourth-order valence-corrected chi connectivity index (χ4v) is 6.99. The number of nitrogens with one attached hydrogen (secondary N) is 2. The molecule has 0 radical (unpaired) electrons. The molecule has 2 unspecified atom stereocenters. The summed E-state index contributed by atoms with van der Waals surface area (Å²) in [5.41, 5.74) is 3.63. The summed E-state index contributed by atoms with van der Waals surface area (Å²) in [6, 6.07) is 12.7. The Labute approximate surface area is 247 Å². The minimum atomic E-state index is -0.520. The maximum absolute atomic E-state index is 15.0. The molecule has 4 aliphatic rings. The molecule has 3 fully saturated rings. The molecule has 7 nitrogen and oxygen atoms in total. The van der Waals surface area contributed by atoms with Gasteiger partial charge in [-0.3, -0.25) is 9.59 Å². The molecule has 2 aromatic rings. The number of piperidine rings is 1. The van der Waals surface area contributed by atoms with Crippen LogP contribution in [-0.4, -0.2) is 61.6 Å². The standard InChI is InChI=1S/C34H41FN4O3/c1-23-7-4-11-30(35)31(23)34(41)39-19-6-10-29(32(39)24-12-14-25(15-13-24)36-27-16-20-42-22-27)33(40)37-26-8-5-9-28(21-26)38-17-2-3-18-38/h4-5,7-9,11-12,14-15,21,24,27,29,32,36H,2-3,6,10,13,16-20,22H2,1H3,(H,37,40)/t24?,27?,29-,32-/m0/s1. The summed E-state index contributed by atoms with van der Waals surface area (Å²) in [7, 11) is 0. The molecule has 3 saturated heterocycles. The summed E-state index contributed by atoms with van der Waals surface area (Å²) >= 11 is 0. The predicted octanol–water partition coefficient (Wildman–Crippen LogP) is 5.43. The van der Waals surface area contributed by atoms with E-state index in [2.05, 4.69) is 39.8 Å². The second-order valence-electron chi connectivity index (χ2n) is 12.0. The Balaban J connectivity index is 1.26. The monoisotopic (exact) mass is 572 g/mol. The van der Waals surface area contributed by atoms with Crippen LogP contribution in [0.3, 0.4) is 0 Å². The number of hydrogen-bond donors (Lipinski definition) is 2. The van der Waals surface area contributed by atoms with Crippen LogP contribution in [0.4, 0.5) is 15.8 Å². The van der Waals surface area contributed by atoms with Crippen molar-refractivity contribution in [2.24, 2.45) is 11.8 Å². The van der Waals surface area contributed by atoms with Gasteiger partial charge in [-0.2, -0.15) is 0 Å². The van der Waals surface area contributed by atoms with Gasteiger partial charge in [0.05, 0.1) is 30.2 Å². The van der Waals surface area contributed by atoms with E-state index < -0.39 is 17.8 Å². The maximum Gasteiger partial charge on any atom is 0.257 e. The van der Waals surface area contributed by atoms with E-state index in [1.807, 2.05) is 18.2 Å². The van der Waals surface area contributed by atoms with Crippen molar-refractivity contribution in [3.05, 3.63) is 83.3 Å². The smallest absolute Gasteiger partial charge is 0.257 e. The van der Waals surface area contributed by atoms with E-state index in [4.69, 9.17) is 4.74 Å². The first-order valence-corrected chi connectivity index (χ1v) is 15.4. The second-order valence-corrected chi connectivity index (χ2v) is 12.0. The summed E-state index contributed by atoms with van der Waals surface area (Å²) < 4.78 is 20.5. The number of ether oxygens (including phenoxy) is 1. The Morgan fingerprint density at radius 3 is 2.60 bits per heavy atom. The third-order valence-corrected chi connectivity index (χ3v) is 9.18. The number of halogens is 1. The minimum Gasteiger partial charge on any atom is -0.380 e. The van der Waals surface area contributed by atoms with Crippen molar-refractivity contribution in [2.45, 2.75) is 57.5 Å². The number of benzene rings is 2. The van der Waals surface area contributed by atoms with Crippen molar-refractivity contribution in [3.8, 4) is 0 Å². The summed E-state index contributed by atoms with van der Waals surface area (Å²) in [5.74, 6) is -1.45. The predicted molar refractivity (Wildman–Crippen MR) is 163 cm³/mol. The highest BCUT2D eigenvalue weighted by Crippen LogP contribution is 2.36. The Hall–Kier alpha value is -3.65. The van der Waals surface area contributed by atoms with Crippen LogP contribution < -0.4 is 15.5 Å². The number of allylic oxidation sites excluding steroid dienone is 2. The number of aryl methyl sites for hydroxylation is 1. The molecular formula is C34H41FN4O3. The molecule has 4 atom stereocenters. The van der Waals surface area contributed by atoms with Gasteiger partial charge in [-0.25, -0.2) is 4.39 Å². The zero-order valence-electron chi connectivity index (χ0n) is 24.4. The lowest BCUT2D eigenvalue weighted by atomic mass is 9.77. The van der Waals surface area contributed by atoms with Crippen molar-refractivity contribution < 1.29 is 18.7 Å². The van der Waals surface area contributed by atoms with E-state index in [9.17, 15) is 9.59 Å². The van der Waals surface area contributed by atoms with Crippen molar-refractivity contribution >= 4 is 23.2 Å². The van der Waals surface area contributed by atoms with Gasteiger partial charge in [-0.1, -0.05) is 30.4 Å². The fraction of sp³-hybridized carbons (Fsp3) is 0.471. The molecule has 0 saturated carbocycles. The fourth-order valence-electron chi connectivity index (χ4n) is 6.99. The lowest BCUT2D eigenvalue weighted by molar-refractivity contribution is -0.123. The molecule has 3 heterocycles. The van der Waals surface area contributed by atoms with Gasteiger partial charge < -0.3 is 25.2 Å². The van der Waals surface area contributed by atoms with Crippen molar-refractivity contribution in [2.75, 3.05) is 43.1 Å². The van der Waals surface area contributed by atoms with Gasteiger partial charge in [-0.05, 0) is 81.4 Å². The summed E-state index contributed by atoms with van der Waals surface area (Å²) in [5, 5.41) is 6.73. The average Bonchev–Trinajstić information content (AvgIpc) is 3.72. The molecule has 8 heteroatoms. The molecular weight excluding hydrogens is 531 g/mol. The minimum absolute atomic E-state index is 0.0709. The number of nitrogens with zero attached hydrogens (tertiary/aromatic N) is 2. The Bertz CT molecular complexity index is 1340. The van der Waals surface area contributed by atoms with Crippen molar-refractivity contribution in [1.82, 2.24) is 10.2 Å². The number of carbonyl (C=O) groups is 2. The van der Waals surface area contributed by atoms with Gasteiger partial charge in [-0.15, -0.1) is 0 Å². The Morgan fingerprint density at radius 1 is 1.02 bits per heavy atom. The lowest BCUT2D eigenvalue weighted by Gasteiger charge is -2.44. The number of likely N-dealkylation sites (tertiary alicyclic amines) is 1. The van der Waals surface area contributed by atoms with E-state index in [-0.39, 0.29) is 23.3 Å². The first kappa shape index (κ1) is 28.5. The zero-order valence-corrected chi connectivity index (χ0v) is 24.4. The summed E-state index contributed by atoms with van der Waals surface area (Å²) in [4.78, 5) is 32.1. The highest BCUT2D eigenvalue weighted by Gasteiger charge is 2.43. The highest BCUT2D eigenvalue weighted by molar-refractivity contribution is 5.98. The first-order chi connectivity index (χ1) is 20.5. The third-order valence-electron chi connectivity index (χ3n) is 9.18. The highest BCUT2D eigenvalue weighted by atomic mass is 19.1. The SMILES string of the molecule is Cc1cccc(F)c1C(=O)N1CCC[C@H](C(=O)Nc2cccc(N3CCCC3)c2)[C@@H]1C1C=CC(NC2CCOC2)=CC1. The first-order valence-electron chi connectivity index (χ1n) is 15.4. The average molecular weight is 573 g/mol. The lowest BCUT2D eigenvalue weighted by Crippen LogP contribution is -2.55. The molecule has 2 amide bonds. The zero-order chi connectivity index (χ0) is 29.1. The van der Waals surface area contributed by atoms with Gasteiger partial charge in [0.1, 0.15) is 5.82 Å². The van der Waals surface area contributed by atoms with Crippen LogP contribution in [-0.2, 0) is 9.53 Å². The third kappa shape index (κ3) is 6.09. The van der Waals surface area contributed by atoms with Crippen molar-refractivity contribution in [3.63, 3.8) is 0 Å². The largest absolute Gasteiger partial charge is 0.380 e. The Kier molecular flexibility index (Phi) is 8.60. The Morgan fingerprint density at radius 2 is 1.86 bits per heavy atom. The molecule has 6 rings (SSSR count). The van der Waals surface area contributed by atoms with Crippen LogP contribution in [0.2, 0.25) is 0 Å². The number of amides is 2. The van der Waals surface area contributed by atoms with Crippen LogP contribution in [0.15, 0.2) is 66.4 Å². The van der Waals surface area contributed by atoms with E-state index >= 15 is 4.39 Å². The quantitative estimate of drug-likeness (QED) is 0.463. The van der Waals surface area contributed by atoms with Gasteiger partial charge in [0.2, 0.25) is 5.91 Å². The van der Waals surface area contributed by atoms with Gasteiger partial charge in [0, 0.05) is 49.2 Å². The van der Waals surface area contributed by atoms with Crippen LogP contribution in [0.25, 0.3) is 0 Å². The maximum atomic E-state index is 15.0. The molecule has 222 valence electrons. The number of anilines is 2. The van der Waals surface area contributed by atoms with E-state index in [0.717, 1.165) is 43.2 Å². The normalized spacial score (nSPS) is 25.8. The van der Waals surface area contributed by atoms with Gasteiger partial charge >= 0.3 is 0 Å². The number of carbonyl (C=O) groups excluding carboxylic acids is 2. The van der Waals surface area contributed by atoms with E-state index in [0.29, 0.717) is 44.0 Å².